The lowest BCUT2D eigenvalue weighted by molar-refractivity contribution is -0.122. The Balaban J connectivity index is 3.76. The second-order valence-corrected chi connectivity index (χ2v) is 6.62. The summed E-state index contributed by atoms with van der Waals surface area (Å²) in [5, 5.41) is 3.09. The number of hydrogen-bond donors (Lipinski definition) is 2. The van der Waals surface area contributed by atoms with Gasteiger partial charge >= 0.3 is 0 Å². The van der Waals surface area contributed by atoms with Gasteiger partial charge in [0.25, 0.3) is 0 Å². The Morgan fingerprint density at radius 2 is 1.95 bits per heavy atom. The lowest BCUT2D eigenvalue weighted by Gasteiger charge is -2.17. The highest BCUT2D eigenvalue weighted by Gasteiger charge is 2.11. The van der Waals surface area contributed by atoms with Crippen LogP contribution in [0.25, 0.3) is 0 Å². The van der Waals surface area contributed by atoms with E-state index in [0.717, 1.165) is 37.3 Å². The highest BCUT2D eigenvalue weighted by Crippen LogP contribution is 2.16. The quantitative estimate of drug-likeness (QED) is 0.542. The van der Waals surface area contributed by atoms with Gasteiger partial charge in [-0.15, -0.1) is 0 Å². The zero-order valence-electron chi connectivity index (χ0n) is 12.9. The lowest BCUT2D eigenvalue weighted by Crippen LogP contribution is -2.33. The van der Waals surface area contributed by atoms with Gasteiger partial charge in [-0.1, -0.05) is 26.7 Å². The van der Waals surface area contributed by atoms with E-state index in [0.29, 0.717) is 18.4 Å². The first-order valence-corrected chi connectivity index (χ1v) is 8.86. The minimum Gasteiger partial charge on any atom is -0.354 e. The van der Waals surface area contributed by atoms with E-state index in [4.69, 9.17) is 5.73 Å². The fourth-order valence-corrected chi connectivity index (χ4v) is 3.04. The average molecular weight is 289 g/mol. The van der Waals surface area contributed by atoms with Gasteiger partial charge < -0.3 is 11.1 Å². The highest BCUT2D eigenvalue weighted by atomic mass is 32.2. The van der Waals surface area contributed by atoms with Crippen molar-refractivity contribution >= 4 is 17.7 Å². The van der Waals surface area contributed by atoms with Crippen molar-refractivity contribution in [2.45, 2.75) is 65.3 Å². The number of amides is 1. The van der Waals surface area contributed by atoms with E-state index in [2.05, 4.69) is 26.1 Å². The SMILES string of the molecule is CCCC(CCN)CCC(=O)NC(C)CCSCC. The molecule has 114 valence electrons. The normalized spacial score (nSPS) is 14.1. The first-order valence-electron chi connectivity index (χ1n) is 7.71. The van der Waals surface area contributed by atoms with Crippen molar-refractivity contribution < 1.29 is 4.79 Å². The molecule has 0 rings (SSSR count). The van der Waals surface area contributed by atoms with Crippen molar-refractivity contribution in [3.8, 4) is 0 Å². The number of rotatable bonds is 12. The van der Waals surface area contributed by atoms with Gasteiger partial charge in [-0.05, 0) is 50.2 Å². The second-order valence-electron chi connectivity index (χ2n) is 5.22. The molecule has 0 spiro atoms. The molecule has 0 aliphatic carbocycles. The summed E-state index contributed by atoms with van der Waals surface area (Å²) in [6.45, 7) is 7.19. The van der Waals surface area contributed by atoms with Gasteiger partial charge in [0, 0.05) is 12.5 Å². The Kier molecular flexibility index (Phi) is 12.6. The fraction of sp³-hybridized carbons (Fsp3) is 0.933. The van der Waals surface area contributed by atoms with Crippen LogP contribution in [0, 0.1) is 5.92 Å². The molecule has 0 bridgehead atoms. The standard InChI is InChI=1S/C15H32N2OS/c1-4-6-14(9-11-16)7-8-15(18)17-13(3)10-12-19-5-2/h13-14H,4-12,16H2,1-3H3,(H,17,18). The Morgan fingerprint density at radius 3 is 2.53 bits per heavy atom. The largest absolute Gasteiger partial charge is 0.354 e. The highest BCUT2D eigenvalue weighted by molar-refractivity contribution is 7.99. The van der Waals surface area contributed by atoms with Crippen molar-refractivity contribution in [1.82, 2.24) is 5.32 Å². The molecule has 0 aromatic heterocycles. The van der Waals surface area contributed by atoms with Gasteiger partial charge in [0.05, 0.1) is 0 Å². The van der Waals surface area contributed by atoms with E-state index < -0.39 is 0 Å². The van der Waals surface area contributed by atoms with Crippen LogP contribution in [0.2, 0.25) is 0 Å². The van der Waals surface area contributed by atoms with Crippen LogP contribution in [0.4, 0.5) is 0 Å². The molecular weight excluding hydrogens is 256 g/mol. The first-order chi connectivity index (χ1) is 9.13. The number of nitrogens with two attached hydrogens (primary N) is 1. The van der Waals surface area contributed by atoms with Gasteiger partial charge in [-0.25, -0.2) is 0 Å². The minimum absolute atomic E-state index is 0.201. The number of carbonyl (C=O) groups is 1. The van der Waals surface area contributed by atoms with E-state index in [1.54, 1.807) is 0 Å². The molecule has 2 atom stereocenters. The summed E-state index contributed by atoms with van der Waals surface area (Å²) in [4.78, 5) is 11.8. The van der Waals surface area contributed by atoms with Crippen molar-refractivity contribution in [2.24, 2.45) is 11.7 Å². The first kappa shape index (κ1) is 18.8. The molecule has 4 heteroatoms. The van der Waals surface area contributed by atoms with E-state index in [9.17, 15) is 4.79 Å². The molecule has 0 fully saturated rings. The maximum Gasteiger partial charge on any atom is 0.220 e. The third-order valence-corrected chi connectivity index (χ3v) is 4.29. The Hall–Kier alpha value is -0.220. The number of hydrogen-bond acceptors (Lipinski definition) is 3. The van der Waals surface area contributed by atoms with Crippen molar-refractivity contribution in [3.05, 3.63) is 0 Å². The van der Waals surface area contributed by atoms with Crippen LogP contribution >= 0.6 is 11.8 Å². The molecule has 0 aromatic rings. The van der Waals surface area contributed by atoms with Crippen LogP contribution in [0.5, 0.6) is 0 Å². The fourth-order valence-electron chi connectivity index (χ4n) is 2.24. The molecule has 3 nitrogen and oxygen atoms in total. The van der Waals surface area contributed by atoms with Gasteiger partial charge in [0.2, 0.25) is 5.91 Å². The van der Waals surface area contributed by atoms with Crippen LogP contribution in [-0.2, 0) is 4.79 Å². The van der Waals surface area contributed by atoms with Gasteiger partial charge in [0.15, 0.2) is 0 Å². The summed E-state index contributed by atoms with van der Waals surface area (Å²) in [5.74, 6) is 3.10. The average Bonchev–Trinajstić information content (AvgIpc) is 2.37. The van der Waals surface area contributed by atoms with Crippen molar-refractivity contribution in [2.75, 3.05) is 18.1 Å². The van der Waals surface area contributed by atoms with Gasteiger partial charge in [0.1, 0.15) is 0 Å². The molecule has 0 saturated heterocycles. The third kappa shape index (κ3) is 11.3. The predicted molar refractivity (Wildman–Crippen MR) is 86.5 cm³/mol. The molecule has 0 heterocycles. The second kappa shape index (κ2) is 12.8. The van der Waals surface area contributed by atoms with E-state index in [1.807, 2.05) is 11.8 Å². The summed E-state index contributed by atoms with van der Waals surface area (Å²) >= 11 is 1.93. The molecule has 0 saturated carbocycles. The van der Waals surface area contributed by atoms with E-state index in [-0.39, 0.29) is 5.91 Å². The van der Waals surface area contributed by atoms with Crippen molar-refractivity contribution in [3.63, 3.8) is 0 Å². The van der Waals surface area contributed by atoms with E-state index >= 15 is 0 Å². The lowest BCUT2D eigenvalue weighted by atomic mass is 9.94. The van der Waals surface area contributed by atoms with Crippen molar-refractivity contribution in [1.29, 1.82) is 0 Å². The molecule has 3 N–H and O–H groups in total. The third-order valence-electron chi connectivity index (χ3n) is 3.36. The molecule has 19 heavy (non-hydrogen) atoms. The van der Waals surface area contributed by atoms with Crippen LogP contribution in [0.15, 0.2) is 0 Å². The molecule has 2 unspecified atom stereocenters. The zero-order chi connectivity index (χ0) is 14.5. The summed E-state index contributed by atoms with van der Waals surface area (Å²) in [7, 11) is 0. The summed E-state index contributed by atoms with van der Waals surface area (Å²) in [6.07, 6.45) is 6.10. The zero-order valence-corrected chi connectivity index (χ0v) is 13.7. The minimum atomic E-state index is 0.201. The van der Waals surface area contributed by atoms with Crippen LogP contribution in [-0.4, -0.2) is 30.0 Å². The predicted octanol–water partition coefficient (Wildman–Crippen LogP) is 3.18. The summed E-state index contributed by atoms with van der Waals surface area (Å²) in [6, 6.07) is 0.297. The maximum absolute atomic E-state index is 11.8. The Bertz CT molecular complexity index is 218. The molecule has 0 radical (unpaired) electrons. The summed E-state index contributed by atoms with van der Waals surface area (Å²) < 4.78 is 0. The number of carbonyl (C=O) groups excluding carboxylic acids is 1. The topological polar surface area (TPSA) is 55.1 Å². The smallest absolute Gasteiger partial charge is 0.220 e. The number of nitrogens with one attached hydrogen (secondary N) is 1. The molecule has 1 amide bonds. The van der Waals surface area contributed by atoms with Crippen LogP contribution < -0.4 is 11.1 Å². The van der Waals surface area contributed by atoms with E-state index in [1.165, 1.54) is 12.8 Å². The van der Waals surface area contributed by atoms with Crippen LogP contribution in [0.1, 0.15) is 59.3 Å². The van der Waals surface area contributed by atoms with Crippen LogP contribution in [0.3, 0.4) is 0 Å². The maximum atomic E-state index is 11.8. The Morgan fingerprint density at radius 1 is 1.21 bits per heavy atom. The van der Waals surface area contributed by atoms with Gasteiger partial charge in [-0.2, -0.15) is 11.8 Å². The number of thioether (sulfide) groups is 1. The van der Waals surface area contributed by atoms with Gasteiger partial charge in [-0.3, -0.25) is 4.79 Å². The molecule has 0 aliphatic heterocycles. The Labute approximate surface area is 123 Å². The molecule has 0 aliphatic rings. The molecular formula is C15H32N2OS. The monoisotopic (exact) mass is 288 g/mol. The summed E-state index contributed by atoms with van der Waals surface area (Å²) in [5.41, 5.74) is 5.61. The molecule has 0 aromatic carbocycles.